The van der Waals surface area contributed by atoms with Gasteiger partial charge in [0.25, 0.3) is 5.69 Å². The van der Waals surface area contributed by atoms with E-state index in [0.29, 0.717) is 12.8 Å². The molecule has 0 amide bonds. The predicted octanol–water partition coefficient (Wildman–Crippen LogP) is 1.62. The van der Waals surface area contributed by atoms with Crippen molar-refractivity contribution in [1.29, 1.82) is 0 Å². The van der Waals surface area contributed by atoms with Crippen molar-refractivity contribution in [1.82, 2.24) is 9.62 Å². The molecule has 7 nitrogen and oxygen atoms in total. The number of rotatable bonds is 4. The minimum Gasteiger partial charge on any atom is -0.317 e. The van der Waals surface area contributed by atoms with Crippen molar-refractivity contribution < 1.29 is 13.3 Å². The molecule has 0 aromatic heterocycles. The summed E-state index contributed by atoms with van der Waals surface area (Å²) < 4.78 is 26.5. The molecule has 1 aliphatic heterocycles. The summed E-state index contributed by atoms with van der Waals surface area (Å²) in [5.41, 5.74) is -0.458. The largest absolute Gasteiger partial charge is 0.317 e. The highest BCUT2D eigenvalue weighted by Crippen LogP contribution is 2.30. The molecular formula is C12H16ClN3O4S. The van der Waals surface area contributed by atoms with Crippen LogP contribution in [0.2, 0.25) is 5.02 Å². The van der Waals surface area contributed by atoms with Crippen LogP contribution in [0.1, 0.15) is 12.8 Å². The summed E-state index contributed by atoms with van der Waals surface area (Å²) in [7, 11) is -2.50. The number of hydrogen-bond donors (Lipinski definition) is 1. The maximum Gasteiger partial charge on any atom is 0.289 e. The molecule has 0 unspecified atom stereocenters. The zero-order valence-electron chi connectivity index (χ0n) is 11.5. The molecular weight excluding hydrogens is 318 g/mol. The Morgan fingerprint density at radius 3 is 2.57 bits per heavy atom. The molecule has 0 aliphatic carbocycles. The first-order valence-electron chi connectivity index (χ1n) is 6.46. The highest BCUT2D eigenvalue weighted by molar-refractivity contribution is 7.89. The number of nitrogens with one attached hydrogen (secondary N) is 1. The van der Waals surface area contributed by atoms with Gasteiger partial charge in [0.2, 0.25) is 10.0 Å². The van der Waals surface area contributed by atoms with Crippen LogP contribution in [0, 0.1) is 10.1 Å². The lowest BCUT2D eigenvalue weighted by atomic mass is 10.1. The number of nitro benzene ring substituents is 1. The second kappa shape index (κ2) is 6.27. The van der Waals surface area contributed by atoms with Crippen LogP contribution in [0.15, 0.2) is 23.1 Å². The van der Waals surface area contributed by atoms with Gasteiger partial charge < -0.3 is 5.32 Å². The minimum atomic E-state index is -3.96. The minimum absolute atomic E-state index is 0.151. The van der Waals surface area contributed by atoms with Gasteiger partial charge in [0.15, 0.2) is 4.90 Å². The zero-order valence-corrected chi connectivity index (χ0v) is 13.0. The molecule has 1 fully saturated rings. The Bertz CT molecular complexity index is 644. The van der Waals surface area contributed by atoms with Gasteiger partial charge in [0.1, 0.15) is 0 Å². The summed E-state index contributed by atoms with van der Waals surface area (Å²) in [6, 6.07) is 3.39. The van der Waals surface area contributed by atoms with E-state index in [0.717, 1.165) is 25.2 Å². The van der Waals surface area contributed by atoms with Crippen LogP contribution in [0.5, 0.6) is 0 Å². The van der Waals surface area contributed by atoms with Gasteiger partial charge in [-0.05, 0) is 38.1 Å². The van der Waals surface area contributed by atoms with Crippen molar-refractivity contribution in [2.45, 2.75) is 23.8 Å². The Balaban J connectivity index is 2.43. The van der Waals surface area contributed by atoms with E-state index in [1.807, 2.05) is 0 Å². The fourth-order valence-electron chi connectivity index (χ4n) is 2.37. The fraction of sp³-hybridized carbons (Fsp3) is 0.500. The van der Waals surface area contributed by atoms with Crippen molar-refractivity contribution in [2.75, 3.05) is 20.1 Å². The van der Waals surface area contributed by atoms with E-state index < -0.39 is 20.6 Å². The van der Waals surface area contributed by atoms with E-state index >= 15 is 0 Å². The molecule has 1 saturated heterocycles. The number of piperidine rings is 1. The van der Waals surface area contributed by atoms with Crippen molar-refractivity contribution in [3.63, 3.8) is 0 Å². The predicted molar refractivity (Wildman–Crippen MR) is 78.9 cm³/mol. The molecule has 1 heterocycles. The Kier molecular flexibility index (Phi) is 4.82. The molecule has 21 heavy (non-hydrogen) atoms. The summed E-state index contributed by atoms with van der Waals surface area (Å²) in [6.45, 7) is 1.45. The summed E-state index contributed by atoms with van der Waals surface area (Å²) >= 11 is 5.80. The molecule has 0 saturated carbocycles. The Morgan fingerprint density at radius 1 is 1.38 bits per heavy atom. The molecule has 2 rings (SSSR count). The van der Waals surface area contributed by atoms with E-state index in [1.165, 1.54) is 17.4 Å². The van der Waals surface area contributed by atoms with Crippen molar-refractivity contribution in [2.24, 2.45) is 0 Å². The number of halogens is 1. The monoisotopic (exact) mass is 333 g/mol. The van der Waals surface area contributed by atoms with Crippen LogP contribution in [-0.2, 0) is 10.0 Å². The zero-order chi connectivity index (χ0) is 15.6. The summed E-state index contributed by atoms with van der Waals surface area (Å²) in [6.07, 6.45) is 1.34. The standard InChI is InChI=1S/C12H16ClN3O4S/c1-15(10-4-6-14-7-5-10)21(19,20)12-8-9(13)2-3-11(12)16(17)18/h2-3,8,10,14H,4-7H2,1H3. The molecule has 9 heteroatoms. The van der Waals surface area contributed by atoms with Crippen molar-refractivity contribution in [3.8, 4) is 0 Å². The van der Waals surface area contributed by atoms with Crippen LogP contribution in [0.3, 0.4) is 0 Å². The maximum atomic E-state index is 12.7. The maximum absolute atomic E-state index is 12.7. The highest BCUT2D eigenvalue weighted by atomic mass is 35.5. The van der Waals surface area contributed by atoms with Crippen LogP contribution < -0.4 is 5.32 Å². The number of sulfonamides is 1. The van der Waals surface area contributed by atoms with E-state index in [1.54, 1.807) is 0 Å². The first kappa shape index (κ1) is 16.2. The first-order chi connectivity index (χ1) is 9.84. The fourth-order valence-corrected chi connectivity index (χ4v) is 4.20. The summed E-state index contributed by atoms with van der Waals surface area (Å²) in [5.74, 6) is 0. The first-order valence-corrected chi connectivity index (χ1v) is 8.28. The highest BCUT2D eigenvalue weighted by Gasteiger charge is 2.34. The SMILES string of the molecule is CN(C1CCNCC1)S(=O)(=O)c1cc(Cl)ccc1[N+](=O)[O-]. The second-order valence-electron chi connectivity index (χ2n) is 4.87. The molecule has 116 valence electrons. The third-order valence-electron chi connectivity index (χ3n) is 3.60. The molecule has 1 aromatic carbocycles. The van der Waals surface area contributed by atoms with Gasteiger partial charge in [-0.15, -0.1) is 0 Å². The quantitative estimate of drug-likeness (QED) is 0.667. The topological polar surface area (TPSA) is 92.6 Å². The lowest BCUT2D eigenvalue weighted by Crippen LogP contribution is -2.44. The van der Waals surface area contributed by atoms with Crippen LogP contribution >= 0.6 is 11.6 Å². The third-order valence-corrected chi connectivity index (χ3v) is 5.77. The molecule has 0 atom stereocenters. The average molecular weight is 334 g/mol. The Hall–Kier alpha value is -1.22. The normalized spacial score (nSPS) is 17.1. The lowest BCUT2D eigenvalue weighted by Gasteiger charge is -2.30. The molecule has 0 spiro atoms. The Labute approximate surface area is 128 Å². The van der Waals surface area contributed by atoms with E-state index in [2.05, 4.69) is 5.32 Å². The van der Waals surface area contributed by atoms with Crippen LogP contribution in [0.4, 0.5) is 5.69 Å². The van der Waals surface area contributed by atoms with Gasteiger partial charge >= 0.3 is 0 Å². The number of nitrogens with zero attached hydrogens (tertiary/aromatic N) is 2. The van der Waals surface area contributed by atoms with E-state index in [9.17, 15) is 18.5 Å². The number of benzene rings is 1. The van der Waals surface area contributed by atoms with Gasteiger partial charge in [-0.3, -0.25) is 10.1 Å². The number of hydrogen-bond acceptors (Lipinski definition) is 5. The van der Waals surface area contributed by atoms with Crippen LogP contribution in [-0.4, -0.2) is 43.8 Å². The van der Waals surface area contributed by atoms with Gasteiger partial charge in [-0.1, -0.05) is 11.6 Å². The van der Waals surface area contributed by atoms with E-state index in [-0.39, 0.29) is 16.0 Å². The molecule has 1 aliphatic rings. The van der Waals surface area contributed by atoms with Crippen molar-refractivity contribution >= 4 is 27.3 Å². The average Bonchev–Trinajstić information content (AvgIpc) is 2.47. The van der Waals surface area contributed by atoms with Gasteiger partial charge in [-0.25, -0.2) is 8.42 Å². The van der Waals surface area contributed by atoms with Gasteiger partial charge in [0.05, 0.1) is 4.92 Å². The van der Waals surface area contributed by atoms with Gasteiger partial charge in [-0.2, -0.15) is 4.31 Å². The van der Waals surface area contributed by atoms with Crippen LogP contribution in [0.25, 0.3) is 0 Å². The summed E-state index contributed by atoms with van der Waals surface area (Å²) in [5, 5.41) is 14.3. The second-order valence-corrected chi connectivity index (χ2v) is 7.27. The lowest BCUT2D eigenvalue weighted by molar-refractivity contribution is -0.387. The van der Waals surface area contributed by atoms with E-state index in [4.69, 9.17) is 11.6 Å². The third kappa shape index (κ3) is 3.34. The molecule has 0 radical (unpaired) electrons. The molecule has 1 N–H and O–H groups in total. The molecule has 1 aromatic rings. The summed E-state index contributed by atoms with van der Waals surface area (Å²) in [4.78, 5) is 9.98. The molecule has 0 bridgehead atoms. The smallest absolute Gasteiger partial charge is 0.289 e. The Morgan fingerprint density at radius 2 is 2.00 bits per heavy atom. The van der Waals surface area contributed by atoms with Crippen molar-refractivity contribution in [3.05, 3.63) is 33.3 Å². The van der Waals surface area contributed by atoms with Gasteiger partial charge in [0, 0.05) is 24.2 Å². The number of nitro groups is 1.